The highest BCUT2D eigenvalue weighted by atomic mass is 19.2. The molecule has 0 spiro atoms. The topological polar surface area (TPSA) is 27.7 Å². The van der Waals surface area contributed by atoms with Gasteiger partial charge in [0, 0.05) is 17.0 Å². The quantitative estimate of drug-likeness (QED) is 0.202. The van der Waals surface area contributed by atoms with Gasteiger partial charge in [0.1, 0.15) is 5.82 Å². The average Bonchev–Trinajstić information content (AvgIpc) is 2.96. The van der Waals surface area contributed by atoms with Crippen molar-refractivity contribution >= 4 is 0 Å². The predicted molar refractivity (Wildman–Crippen MR) is 149 cm³/mol. The van der Waals surface area contributed by atoms with Gasteiger partial charge < -0.3 is 14.2 Å². The molecule has 1 saturated heterocycles. The Morgan fingerprint density at radius 3 is 2.03 bits per heavy atom. The molecule has 39 heavy (non-hydrogen) atoms. The molecule has 0 bridgehead atoms. The highest BCUT2D eigenvalue weighted by molar-refractivity contribution is 5.71. The number of hydrogen-bond acceptors (Lipinski definition) is 3. The van der Waals surface area contributed by atoms with Crippen LogP contribution in [0.2, 0.25) is 0 Å². The minimum Gasteiger partial charge on any atom is -0.490 e. The SMILES string of the molecule is CCCCCCCC1OCC(c2ccc(-c3ccc(-c4ccc(OCCCC)c(F)c4F)cc3)c(F)c2)CO1. The van der Waals surface area contributed by atoms with Crippen LogP contribution in [0.3, 0.4) is 0 Å². The maximum atomic E-state index is 15.1. The van der Waals surface area contributed by atoms with Crippen LogP contribution in [0.25, 0.3) is 22.3 Å². The molecule has 3 nitrogen and oxygen atoms in total. The van der Waals surface area contributed by atoms with Gasteiger partial charge >= 0.3 is 0 Å². The van der Waals surface area contributed by atoms with Crippen LogP contribution in [0.15, 0.2) is 54.6 Å². The monoisotopic (exact) mass is 540 g/mol. The van der Waals surface area contributed by atoms with Gasteiger partial charge in [0.05, 0.1) is 19.8 Å². The lowest BCUT2D eigenvalue weighted by Gasteiger charge is -2.30. The second kappa shape index (κ2) is 14.5. The summed E-state index contributed by atoms with van der Waals surface area (Å²) in [5, 5.41) is 0. The first-order chi connectivity index (χ1) is 19.0. The van der Waals surface area contributed by atoms with Crippen LogP contribution in [-0.2, 0) is 9.47 Å². The summed E-state index contributed by atoms with van der Waals surface area (Å²) in [6.07, 6.45) is 8.42. The van der Waals surface area contributed by atoms with Crippen molar-refractivity contribution in [1.82, 2.24) is 0 Å². The molecule has 1 aliphatic rings. The summed E-state index contributed by atoms with van der Waals surface area (Å²) in [5.74, 6) is -2.40. The van der Waals surface area contributed by atoms with Crippen LogP contribution in [0.5, 0.6) is 5.75 Å². The molecule has 0 aliphatic carbocycles. The van der Waals surface area contributed by atoms with Gasteiger partial charge in [0.25, 0.3) is 0 Å². The smallest absolute Gasteiger partial charge is 0.201 e. The molecule has 0 saturated carbocycles. The third kappa shape index (κ3) is 7.64. The summed E-state index contributed by atoms with van der Waals surface area (Å²) in [7, 11) is 0. The molecule has 0 atom stereocenters. The third-order valence-electron chi connectivity index (χ3n) is 7.28. The number of ether oxygens (including phenoxy) is 3. The van der Waals surface area contributed by atoms with E-state index in [1.807, 2.05) is 13.0 Å². The van der Waals surface area contributed by atoms with Crippen molar-refractivity contribution in [3.63, 3.8) is 0 Å². The van der Waals surface area contributed by atoms with E-state index in [2.05, 4.69) is 6.92 Å². The summed E-state index contributed by atoms with van der Waals surface area (Å²) in [6, 6.07) is 14.9. The number of unbranched alkanes of at least 4 members (excludes halogenated alkanes) is 5. The third-order valence-corrected chi connectivity index (χ3v) is 7.28. The van der Waals surface area contributed by atoms with Crippen LogP contribution < -0.4 is 4.74 Å². The first-order valence-corrected chi connectivity index (χ1v) is 14.3. The Balaban J connectivity index is 1.37. The Labute approximate surface area is 230 Å². The van der Waals surface area contributed by atoms with Crippen molar-refractivity contribution in [2.75, 3.05) is 19.8 Å². The number of halogens is 3. The largest absolute Gasteiger partial charge is 0.490 e. The van der Waals surface area contributed by atoms with E-state index in [1.54, 1.807) is 30.3 Å². The maximum absolute atomic E-state index is 15.1. The molecule has 210 valence electrons. The fourth-order valence-electron chi connectivity index (χ4n) is 4.86. The zero-order valence-electron chi connectivity index (χ0n) is 23.0. The fraction of sp³-hybridized carbons (Fsp3) is 0.455. The molecular weight excluding hydrogens is 501 g/mol. The molecule has 1 aliphatic heterocycles. The van der Waals surface area contributed by atoms with Crippen molar-refractivity contribution in [1.29, 1.82) is 0 Å². The van der Waals surface area contributed by atoms with Crippen molar-refractivity contribution in [3.05, 3.63) is 77.6 Å². The summed E-state index contributed by atoms with van der Waals surface area (Å²) < 4.78 is 61.6. The molecule has 0 amide bonds. The molecule has 3 aromatic carbocycles. The Kier molecular flexibility index (Phi) is 10.9. The summed E-state index contributed by atoms with van der Waals surface area (Å²) >= 11 is 0. The van der Waals surface area contributed by atoms with Gasteiger partial charge in [-0.25, -0.2) is 8.78 Å². The second-order valence-corrected chi connectivity index (χ2v) is 10.3. The Hall–Kier alpha value is -2.83. The lowest BCUT2D eigenvalue weighted by Crippen LogP contribution is -2.30. The molecule has 4 rings (SSSR count). The van der Waals surface area contributed by atoms with E-state index in [-0.39, 0.29) is 29.3 Å². The highest BCUT2D eigenvalue weighted by Gasteiger charge is 2.24. The normalized spacial score (nSPS) is 17.4. The van der Waals surface area contributed by atoms with Crippen LogP contribution in [-0.4, -0.2) is 26.1 Å². The minimum absolute atomic E-state index is 0.0148. The first kappa shape index (κ1) is 29.2. The first-order valence-electron chi connectivity index (χ1n) is 14.3. The standard InChI is InChI=1S/C33H39F3O3/c1-3-5-7-8-9-10-31-38-21-26(22-39-31)25-15-16-27(29(34)20-25)23-11-13-24(14-12-23)28-17-18-30(33(36)32(28)35)37-19-6-4-2/h11-18,20,26,31H,3-10,19,21-22H2,1-2H3. The van der Waals surface area contributed by atoms with Gasteiger partial charge in [-0.15, -0.1) is 0 Å². The molecule has 0 aromatic heterocycles. The van der Waals surface area contributed by atoms with E-state index in [0.717, 1.165) is 31.2 Å². The summed E-state index contributed by atoms with van der Waals surface area (Å²) in [4.78, 5) is 0. The summed E-state index contributed by atoms with van der Waals surface area (Å²) in [5.41, 5.74) is 2.58. The minimum atomic E-state index is -0.997. The molecular formula is C33H39F3O3. The molecule has 0 N–H and O–H groups in total. The number of hydrogen-bond donors (Lipinski definition) is 0. The van der Waals surface area contributed by atoms with Crippen LogP contribution in [0.1, 0.15) is 76.7 Å². The van der Waals surface area contributed by atoms with Crippen molar-refractivity contribution < 1.29 is 27.4 Å². The molecule has 1 heterocycles. The van der Waals surface area contributed by atoms with Crippen LogP contribution in [0, 0.1) is 17.5 Å². The highest BCUT2D eigenvalue weighted by Crippen LogP contribution is 2.33. The van der Waals surface area contributed by atoms with E-state index in [1.165, 1.54) is 43.9 Å². The molecule has 0 radical (unpaired) electrons. The Bertz CT molecular complexity index is 1190. The van der Waals surface area contributed by atoms with Crippen molar-refractivity contribution in [2.24, 2.45) is 0 Å². The van der Waals surface area contributed by atoms with Crippen molar-refractivity contribution in [3.8, 4) is 28.0 Å². The second-order valence-electron chi connectivity index (χ2n) is 10.3. The lowest BCUT2D eigenvalue weighted by atomic mass is 9.95. The summed E-state index contributed by atoms with van der Waals surface area (Å²) in [6.45, 7) is 5.57. The van der Waals surface area contributed by atoms with Gasteiger partial charge in [-0.3, -0.25) is 0 Å². The lowest BCUT2D eigenvalue weighted by molar-refractivity contribution is -0.190. The average molecular weight is 541 g/mol. The number of rotatable bonds is 13. The zero-order valence-corrected chi connectivity index (χ0v) is 23.0. The van der Waals surface area contributed by atoms with Gasteiger partial charge in [0.15, 0.2) is 17.9 Å². The van der Waals surface area contributed by atoms with Gasteiger partial charge in [-0.1, -0.05) is 82.3 Å². The maximum Gasteiger partial charge on any atom is 0.201 e. The van der Waals surface area contributed by atoms with Crippen molar-refractivity contribution in [2.45, 2.75) is 77.4 Å². The Morgan fingerprint density at radius 2 is 1.36 bits per heavy atom. The van der Waals surface area contributed by atoms with Crippen LogP contribution in [0.4, 0.5) is 13.2 Å². The van der Waals surface area contributed by atoms with E-state index < -0.39 is 11.6 Å². The molecule has 3 aromatic rings. The van der Waals surface area contributed by atoms with Gasteiger partial charge in [-0.05, 0) is 54.2 Å². The van der Waals surface area contributed by atoms with E-state index >= 15 is 4.39 Å². The van der Waals surface area contributed by atoms with Gasteiger partial charge in [-0.2, -0.15) is 4.39 Å². The van der Waals surface area contributed by atoms with E-state index in [0.29, 0.717) is 36.5 Å². The van der Waals surface area contributed by atoms with E-state index in [9.17, 15) is 8.78 Å². The zero-order chi connectivity index (χ0) is 27.6. The van der Waals surface area contributed by atoms with E-state index in [4.69, 9.17) is 14.2 Å². The number of benzene rings is 3. The van der Waals surface area contributed by atoms with Crippen LogP contribution >= 0.6 is 0 Å². The molecule has 6 heteroatoms. The molecule has 0 unspecified atom stereocenters. The Morgan fingerprint density at radius 1 is 0.718 bits per heavy atom. The predicted octanol–water partition coefficient (Wildman–Crippen LogP) is 9.43. The molecule has 1 fully saturated rings. The van der Waals surface area contributed by atoms with Gasteiger partial charge in [0.2, 0.25) is 5.82 Å². The fourth-order valence-corrected chi connectivity index (χ4v) is 4.86.